The topological polar surface area (TPSA) is 48.5 Å². The number of hydrogen-bond acceptors (Lipinski definition) is 5. The smallest absolute Gasteiger partial charge is 0.282 e. The minimum Gasteiger partial charge on any atom is -0.338 e. The first-order valence-corrected chi connectivity index (χ1v) is 6.62. The van der Waals surface area contributed by atoms with Crippen LogP contribution in [0.1, 0.15) is 9.80 Å². The second-order valence-electron chi connectivity index (χ2n) is 4.36. The molecule has 17 heavy (non-hydrogen) atoms. The van der Waals surface area contributed by atoms with E-state index in [2.05, 4.69) is 22.2 Å². The van der Waals surface area contributed by atoms with Crippen molar-refractivity contribution in [2.24, 2.45) is 0 Å². The van der Waals surface area contributed by atoms with Crippen LogP contribution in [0.3, 0.4) is 0 Å². The minimum atomic E-state index is 0.0140. The van der Waals surface area contributed by atoms with E-state index in [1.807, 2.05) is 12.4 Å². The highest BCUT2D eigenvalue weighted by Gasteiger charge is 2.22. The third-order valence-electron chi connectivity index (χ3n) is 3.13. The van der Waals surface area contributed by atoms with Crippen LogP contribution in [-0.4, -0.2) is 67.0 Å². The Labute approximate surface area is 105 Å². The maximum atomic E-state index is 11.9. The first-order chi connectivity index (χ1) is 8.18. The van der Waals surface area contributed by atoms with Crippen LogP contribution in [0.4, 0.5) is 0 Å². The van der Waals surface area contributed by atoms with Gasteiger partial charge in [-0.05, 0) is 7.05 Å². The summed E-state index contributed by atoms with van der Waals surface area (Å²) < 4.78 is 0. The molecule has 1 saturated heterocycles. The summed E-state index contributed by atoms with van der Waals surface area (Å²) in [6, 6.07) is 0.623. The van der Waals surface area contributed by atoms with Crippen molar-refractivity contribution in [3.63, 3.8) is 0 Å². The molecule has 0 unspecified atom stereocenters. The average Bonchev–Trinajstić information content (AvgIpc) is 2.75. The molecule has 0 spiro atoms. The van der Waals surface area contributed by atoms with E-state index in [0.717, 1.165) is 26.2 Å². The van der Waals surface area contributed by atoms with Crippen LogP contribution in [-0.2, 0) is 0 Å². The van der Waals surface area contributed by atoms with Gasteiger partial charge in [0.15, 0.2) is 5.01 Å². The summed E-state index contributed by atoms with van der Waals surface area (Å²) in [5.41, 5.74) is 0. The summed E-state index contributed by atoms with van der Waals surface area (Å²) in [5, 5.41) is 5.64. The van der Waals surface area contributed by atoms with E-state index in [1.165, 1.54) is 11.3 Å². The fourth-order valence-corrected chi connectivity index (χ4v) is 2.30. The second kappa shape index (κ2) is 5.57. The average molecular weight is 254 g/mol. The summed E-state index contributed by atoms with van der Waals surface area (Å²) in [7, 11) is 3.93. The van der Waals surface area contributed by atoms with Gasteiger partial charge in [0, 0.05) is 50.8 Å². The maximum Gasteiger partial charge on any atom is 0.282 e. The van der Waals surface area contributed by atoms with Crippen LogP contribution < -0.4 is 5.32 Å². The molecule has 94 valence electrons. The van der Waals surface area contributed by atoms with E-state index in [-0.39, 0.29) is 5.91 Å². The molecule has 1 aromatic rings. The number of rotatable bonds is 5. The van der Waals surface area contributed by atoms with E-state index in [4.69, 9.17) is 0 Å². The van der Waals surface area contributed by atoms with Crippen LogP contribution in [0.15, 0.2) is 11.6 Å². The van der Waals surface area contributed by atoms with Crippen molar-refractivity contribution in [2.45, 2.75) is 6.04 Å². The maximum absolute atomic E-state index is 11.9. The van der Waals surface area contributed by atoms with Crippen molar-refractivity contribution in [2.75, 3.05) is 40.3 Å². The van der Waals surface area contributed by atoms with Gasteiger partial charge in [-0.3, -0.25) is 9.69 Å². The Morgan fingerprint density at radius 3 is 2.82 bits per heavy atom. The Hall–Kier alpha value is -0.980. The zero-order valence-electron chi connectivity index (χ0n) is 10.2. The van der Waals surface area contributed by atoms with Gasteiger partial charge in [-0.1, -0.05) is 0 Å². The SMILES string of the molecule is CN(CCN(C)C1CNC1)C(=O)c1nccs1. The third-order valence-corrected chi connectivity index (χ3v) is 3.89. The van der Waals surface area contributed by atoms with Crippen LogP contribution in [0, 0.1) is 0 Å². The molecule has 1 amide bonds. The van der Waals surface area contributed by atoms with Crippen LogP contribution >= 0.6 is 11.3 Å². The fourth-order valence-electron chi connectivity index (χ4n) is 1.67. The van der Waals surface area contributed by atoms with Crippen molar-refractivity contribution in [3.05, 3.63) is 16.6 Å². The number of amides is 1. The summed E-state index contributed by atoms with van der Waals surface area (Å²) in [6.45, 7) is 3.76. The van der Waals surface area contributed by atoms with Crippen LogP contribution in [0.2, 0.25) is 0 Å². The summed E-state index contributed by atoms with van der Waals surface area (Å²) in [6.07, 6.45) is 1.66. The van der Waals surface area contributed by atoms with Gasteiger partial charge in [0.1, 0.15) is 0 Å². The number of nitrogens with zero attached hydrogens (tertiary/aromatic N) is 3. The molecule has 1 aliphatic rings. The zero-order chi connectivity index (χ0) is 12.3. The lowest BCUT2D eigenvalue weighted by Gasteiger charge is -2.36. The number of carbonyl (C=O) groups excluding carboxylic acids is 1. The molecule has 2 heterocycles. The fraction of sp³-hybridized carbons (Fsp3) is 0.636. The van der Waals surface area contributed by atoms with Gasteiger partial charge >= 0.3 is 0 Å². The second-order valence-corrected chi connectivity index (χ2v) is 5.25. The summed E-state index contributed by atoms with van der Waals surface area (Å²) in [4.78, 5) is 20.0. The Morgan fingerprint density at radius 1 is 1.53 bits per heavy atom. The standard InChI is InChI=1S/C11H18N4OS/c1-14(9-7-12-8-9)4-5-15(2)11(16)10-13-3-6-17-10/h3,6,9,12H,4-5,7-8H2,1-2H3. The molecule has 2 rings (SSSR count). The first-order valence-electron chi connectivity index (χ1n) is 5.74. The zero-order valence-corrected chi connectivity index (χ0v) is 11.0. The molecule has 6 heteroatoms. The normalized spacial score (nSPS) is 15.9. The third kappa shape index (κ3) is 3.02. The minimum absolute atomic E-state index is 0.0140. The molecule has 0 radical (unpaired) electrons. The van der Waals surface area contributed by atoms with E-state index in [1.54, 1.807) is 11.1 Å². The molecule has 0 bridgehead atoms. The van der Waals surface area contributed by atoms with Crippen molar-refractivity contribution in [1.29, 1.82) is 0 Å². The molecule has 1 aliphatic heterocycles. The number of aromatic nitrogens is 1. The van der Waals surface area contributed by atoms with E-state index >= 15 is 0 Å². The number of nitrogens with one attached hydrogen (secondary N) is 1. The van der Waals surface area contributed by atoms with Crippen LogP contribution in [0.5, 0.6) is 0 Å². The van der Waals surface area contributed by atoms with Gasteiger partial charge in [-0.15, -0.1) is 11.3 Å². The monoisotopic (exact) mass is 254 g/mol. The van der Waals surface area contributed by atoms with E-state index < -0.39 is 0 Å². The molecular weight excluding hydrogens is 236 g/mol. The van der Waals surface area contributed by atoms with E-state index in [0.29, 0.717) is 11.0 Å². The molecular formula is C11H18N4OS. The highest BCUT2D eigenvalue weighted by molar-refractivity contribution is 7.11. The highest BCUT2D eigenvalue weighted by atomic mass is 32.1. The van der Waals surface area contributed by atoms with E-state index in [9.17, 15) is 4.79 Å². The number of hydrogen-bond donors (Lipinski definition) is 1. The van der Waals surface area contributed by atoms with Crippen molar-refractivity contribution in [1.82, 2.24) is 20.1 Å². The van der Waals surface area contributed by atoms with Gasteiger partial charge in [0.25, 0.3) is 5.91 Å². The molecule has 5 nitrogen and oxygen atoms in total. The van der Waals surface area contributed by atoms with Gasteiger partial charge in [-0.25, -0.2) is 4.98 Å². The molecule has 1 fully saturated rings. The Morgan fingerprint density at radius 2 is 2.29 bits per heavy atom. The summed E-state index contributed by atoms with van der Waals surface area (Å²) in [5.74, 6) is 0.0140. The number of carbonyl (C=O) groups is 1. The van der Waals surface area contributed by atoms with Gasteiger partial charge < -0.3 is 10.2 Å². The molecule has 0 atom stereocenters. The lowest BCUT2D eigenvalue weighted by molar-refractivity contribution is 0.0764. The number of likely N-dealkylation sites (N-methyl/N-ethyl adjacent to an activating group) is 2. The molecule has 0 aliphatic carbocycles. The largest absolute Gasteiger partial charge is 0.338 e. The van der Waals surface area contributed by atoms with Gasteiger partial charge in [-0.2, -0.15) is 0 Å². The quantitative estimate of drug-likeness (QED) is 0.811. The Kier molecular flexibility index (Phi) is 4.09. The summed E-state index contributed by atoms with van der Waals surface area (Å²) >= 11 is 1.39. The predicted octanol–water partition coefficient (Wildman–Crippen LogP) is 0.119. The van der Waals surface area contributed by atoms with Crippen molar-refractivity contribution in [3.8, 4) is 0 Å². The Bertz CT molecular complexity index is 364. The highest BCUT2D eigenvalue weighted by Crippen LogP contribution is 2.07. The predicted molar refractivity (Wildman–Crippen MR) is 68.4 cm³/mol. The van der Waals surface area contributed by atoms with Gasteiger partial charge in [0.2, 0.25) is 0 Å². The molecule has 1 aromatic heterocycles. The van der Waals surface area contributed by atoms with Gasteiger partial charge in [0.05, 0.1) is 0 Å². The molecule has 0 aromatic carbocycles. The number of thiazole rings is 1. The van der Waals surface area contributed by atoms with Crippen LogP contribution in [0.25, 0.3) is 0 Å². The first kappa shape index (κ1) is 12.5. The van der Waals surface area contributed by atoms with Crippen molar-refractivity contribution < 1.29 is 4.79 Å². The molecule has 1 N–H and O–H groups in total. The lowest BCUT2D eigenvalue weighted by Crippen LogP contribution is -2.57. The lowest BCUT2D eigenvalue weighted by atomic mass is 10.1. The Balaban J connectivity index is 1.76. The van der Waals surface area contributed by atoms with Crippen molar-refractivity contribution >= 4 is 17.2 Å². The molecule has 0 saturated carbocycles.